The maximum Gasteiger partial charge on any atom is 0.257 e. The highest BCUT2D eigenvalue weighted by atomic mass is 32.1. The van der Waals surface area contributed by atoms with E-state index in [9.17, 15) is 4.79 Å². The Labute approximate surface area is 117 Å². The topological polar surface area (TPSA) is 45.2 Å². The molecule has 0 aliphatic carbocycles. The highest BCUT2D eigenvalue weighted by Gasteiger charge is 2.15. The quantitative estimate of drug-likeness (QED) is 0.912. The first-order valence-electron chi connectivity index (χ1n) is 6.12. The highest BCUT2D eigenvalue weighted by Crippen LogP contribution is 2.15. The van der Waals surface area contributed by atoms with Crippen molar-refractivity contribution in [1.82, 2.24) is 9.88 Å². The molecule has 19 heavy (non-hydrogen) atoms. The van der Waals surface area contributed by atoms with Crippen molar-refractivity contribution in [2.24, 2.45) is 0 Å². The van der Waals surface area contributed by atoms with Gasteiger partial charge in [-0.05, 0) is 23.9 Å². The van der Waals surface area contributed by atoms with Gasteiger partial charge in [-0.25, -0.2) is 0 Å². The van der Waals surface area contributed by atoms with E-state index in [1.165, 1.54) is 4.88 Å². The van der Waals surface area contributed by atoms with Gasteiger partial charge in [-0.3, -0.25) is 9.78 Å². The van der Waals surface area contributed by atoms with E-state index in [1.54, 1.807) is 41.7 Å². The minimum Gasteiger partial charge on any atom is -0.387 e. The fourth-order valence-electron chi connectivity index (χ4n) is 1.82. The van der Waals surface area contributed by atoms with Gasteiger partial charge in [-0.2, -0.15) is 0 Å². The summed E-state index contributed by atoms with van der Waals surface area (Å²) in [6.07, 6.45) is 4.17. The molecule has 100 valence electrons. The molecule has 0 spiro atoms. The van der Waals surface area contributed by atoms with Crippen molar-refractivity contribution in [3.8, 4) is 0 Å². The number of nitrogens with zero attached hydrogens (tertiary/aromatic N) is 2. The van der Waals surface area contributed by atoms with E-state index in [-0.39, 0.29) is 5.91 Å². The SMILES string of the molecule is CNc1ccncc1C(=O)N(C)CCc1cccs1. The van der Waals surface area contributed by atoms with Crippen LogP contribution < -0.4 is 5.32 Å². The van der Waals surface area contributed by atoms with Gasteiger partial charge in [-0.1, -0.05) is 6.07 Å². The molecule has 0 fully saturated rings. The van der Waals surface area contributed by atoms with Crippen LogP contribution in [-0.2, 0) is 6.42 Å². The molecule has 2 rings (SSSR count). The normalized spacial score (nSPS) is 10.2. The van der Waals surface area contributed by atoms with Crippen LogP contribution in [0.4, 0.5) is 5.69 Å². The van der Waals surface area contributed by atoms with Gasteiger partial charge in [0.1, 0.15) is 0 Å². The number of hydrogen-bond acceptors (Lipinski definition) is 4. The largest absolute Gasteiger partial charge is 0.387 e. The van der Waals surface area contributed by atoms with Crippen molar-refractivity contribution < 1.29 is 4.79 Å². The lowest BCUT2D eigenvalue weighted by molar-refractivity contribution is 0.0797. The second-order valence-corrected chi connectivity index (χ2v) is 5.26. The van der Waals surface area contributed by atoms with E-state index >= 15 is 0 Å². The van der Waals surface area contributed by atoms with Gasteiger partial charge in [0.15, 0.2) is 0 Å². The molecule has 4 nitrogen and oxygen atoms in total. The first-order valence-corrected chi connectivity index (χ1v) is 7.00. The molecule has 1 N–H and O–H groups in total. The fourth-order valence-corrected chi connectivity index (χ4v) is 2.52. The number of thiophene rings is 1. The van der Waals surface area contributed by atoms with E-state index < -0.39 is 0 Å². The first-order chi connectivity index (χ1) is 9.22. The van der Waals surface area contributed by atoms with Crippen molar-refractivity contribution in [2.75, 3.05) is 26.0 Å². The van der Waals surface area contributed by atoms with Gasteiger partial charge < -0.3 is 10.2 Å². The van der Waals surface area contributed by atoms with Gasteiger partial charge >= 0.3 is 0 Å². The van der Waals surface area contributed by atoms with E-state index in [2.05, 4.69) is 21.7 Å². The van der Waals surface area contributed by atoms with E-state index in [1.807, 2.05) is 13.1 Å². The van der Waals surface area contributed by atoms with Crippen molar-refractivity contribution in [1.29, 1.82) is 0 Å². The zero-order chi connectivity index (χ0) is 13.7. The number of amides is 1. The lowest BCUT2D eigenvalue weighted by atomic mass is 10.2. The monoisotopic (exact) mass is 275 g/mol. The summed E-state index contributed by atoms with van der Waals surface area (Å²) in [5, 5.41) is 5.07. The Morgan fingerprint density at radius 1 is 1.47 bits per heavy atom. The van der Waals surface area contributed by atoms with E-state index in [0.717, 1.165) is 12.1 Å². The summed E-state index contributed by atoms with van der Waals surface area (Å²) in [5.41, 5.74) is 1.42. The maximum atomic E-state index is 12.3. The number of likely N-dealkylation sites (N-methyl/N-ethyl adjacent to an activating group) is 1. The maximum absolute atomic E-state index is 12.3. The summed E-state index contributed by atoms with van der Waals surface area (Å²) in [5.74, 6) is -0.00555. The average molecular weight is 275 g/mol. The Morgan fingerprint density at radius 3 is 3.00 bits per heavy atom. The predicted molar refractivity (Wildman–Crippen MR) is 78.8 cm³/mol. The first kappa shape index (κ1) is 13.5. The van der Waals surface area contributed by atoms with Crippen LogP contribution in [0.1, 0.15) is 15.2 Å². The third kappa shape index (κ3) is 3.32. The summed E-state index contributed by atoms with van der Waals surface area (Å²) in [4.78, 5) is 19.4. The van der Waals surface area contributed by atoms with Crippen molar-refractivity contribution in [3.05, 3.63) is 46.4 Å². The van der Waals surface area contributed by atoms with Crippen LogP contribution in [0.5, 0.6) is 0 Å². The van der Waals surface area contributed by atoms with Crippen LogP contribution in [0, 0.1) is 0 Å². The number of aromatic nitrogens is 1. The minimum absolute atomic E-state index is 0.00555. The lowest BCUT2D eigenvalue weighted by Crippen LogP contribution is -2.29. The molecule has 0 radical (unpaired) electrons. The van der Waals surface area contributed by atoms with Gasteiger partial charge in [0.25, 0.3) is 5.91 Å². The van der Waals surface area contributed by atoms with Crippen LogP contribution in [0.2, 0.25) is 0 Å². The fraction of sp³-hybridized carbons (Fsp3) is 0.286. The third-order valence-corrected chi connectivity index (χ3v) is 3.88. The molecule has 0 aliphatic heterocycles. The molecule has 0 aromatic carbocycles. The zero-order valence-corrected chi connectivity index (χ0v) is 11.9. The number of hydrogen-bond donors (Lipinski definition) is 1. The van der Waals surface area contributed by atoms with Crippen molar-refractivity contribution in [2.45, 2.75) is 6.42 Å². The molecule has 1 amide bonds. The summed E-state index contributed by atoms with van der Waals surface area (Å²) in [6, 6.07) is 5.93. The summed E-state index contributed by atoms with van der Waals surface area (Å²) in [6.45, 7) is 0.706. The van der Waals surface area contributed by atoms with Gasteiger partial charge in [0, 0.05) is 43.6 Å². The van der Waals surface area contributed by atoms with Crippen LogP contribution in [0.3, 0.4) is 0 Å². The second kappa shape index (κ2) is 6.33. The van der Waals surface area contributed by atoms with Gasteiger partial charge in [0.05, 0.1) is 5.56 Å². The highest BCUT2D eigenvalue weighted by molar-refractivity contribution is 7.09. The molecule has 2 aromatic rings. The van der Waals surface area contributed by atoms with E-state index in [0.29, 0.717) is 12.1 Å². The van der Waals surface area contributed by atoms with Gasteiger partial charge in [0.2, 0.25) is 0 Å². The van der Waals surface area contributed by atoms with E-state index in [4.69, 9.17) is 0 Å². The molecule has 5 heteroatoms. The number of carbonyl (C=O) groups is 1. The molecular weight excluding hydrogens is 258 g/mol. The number of rotatable bonds is 5. The second-order valence-electron chi connectivity index (χ2n) is 4.23. The molecule has 0 bridgehead atoms. The number of anilines is 1. The zero-order valence-electron chi connectivity index (χ0n) is 11.1. The van der Waals surface area contributed by atoms with Gasteiger partial charge in [-0.15, -0.1) is 11.3 Å². The Bertz CT molecular complexity index is 539. The molecule has 0 saturated carbocycles. The molecule has 2 heterocycles. The van der Waals surface area contributed by atoms with Crippen LogP contribution in [0.15, 0.2) is 36.0 Å². The average Bonchev–Trinajstić information content (AvgIpc) is 2.97. The van der Waals surface area contributed by atoms with Crippen molar-refractivity contribution >= 4 is 22.9 Å². The number of carbonyl (C=O) groups excluding carboxylic acids is 1. The number of pyridine rings is 1. The molecule has 0 atom stereocenters. The van der Waals surface area contributed by atoms with Crippen LogP contribution in [0.25, 0.3) is 0 Å². The van der Waals surface area contributed by atoms with Crippen molar-refractivity contribution in [3.63, 3.8) is 0 Å². The predicted octanol–water partition coefficient (Wildman–Crippen LogP) is 2.50. The molecule has 0 aliphatic rings. The third-order valence-electron chi connectivity index (χ3n) is 2.94. The standard InChI is InChI=1S/C14H17N3OS/c1-15-13-5-7-16-10-12(13)14(18)17(2)8-6-11-4-3-9-19-11/h3-5,7,9-10H,6,8H2,1-2H3,(H,15,16). The smallest absolute Gasteiger partial charge is 0.257 e. The molecule has 0 saturated heterocycles. The lowest BCUT2D eigenvalue weighted by Gasteiger charge is -2.18. The Kier molecular flexibility index (Phi) is 4.52. The summed E-state index contributed by atoms with van der Waals surface area (Å²) in [7, 11) is 3.63. The van der Waals surface area contributed by atoms with Crippen LogP contribution in [-0.4, -0.2) is 36.4 Å². The molecular formula is C14H17N3OS. The number of nitrogens with one attached hydrogen (secondary N) is 1. The van der Waals surface area contributed by atoms with Crippen LogP contribution >= 0.6 is 11.3 Å². The summed E-state index contributed by atoms with van der Waals surface area (Å²) >= 11 is 1.72. The Morgan fingerprint density at radius 2 is 2.32 bits per heavy atom. The minimum atomic E-state index is -0.00555. The Balaban J connectivity index is 2.02. The summed E-state index contributed by atoms with van der Waals surface area (Å²) < 4.78 is 0. The molecule has 0 unspecified atom stereocenters. The molecule has 2 aromatic heterocycles. The Hall–Kier alpha value is -1.88.